The number of ether oxygens (including phenoxy) is 2. The fourth-order valence-electron chi connectivity index (χ4n) is 3.78. The van der Waals surface area contributed by atoms with Gasteiger partial charge in [-0.15, -0.1) is 0 Å². The number of rotatable bonds is 16. The van der Waals surface area contributed by atoms with Crippen molar-refractivity contribution >= 4 is 11.9 Å². The van der Waals surface area contributed by atoms with Crippen LogP contribution in [0.4, 0.5) is 0 Å². The van der Waals surface area contributed by atoms with E-state index in [2.05, 4.69) is 13.8 Å². The molecule has 0 fully saturated rings. The average molecular weight is 517 g/mol. The minimum absolute atomic E-state index is 0.438. The highest BCUT2D eigenvalue weighted by atomic mass is 17.2. The van der Waals surface area contributed by atoms with E-state index in [0.29, 0.717) is 12.8 Å². The van der Waals surface area contributed by atoms with Gasteiger partial charge in [-0.1, -0.05) is 26.7 Å². The summed E-state index contributed by atoms with van der Waals surface area (Å²) in [6, 6.07) is 0. The topological polar surface area (TPSA) is 89.5 Å². The van der Waals surface area contributed by atoms with Crippen LogP contribution < -0.4 is 0 Å². The van der Waals surface area contributed by atoms with Gasteiger partial charge in [-0.25, -0.2) is 29.1 Å². The van der Waals surface area contributed by atoms with E-state index < -0.39 is 46.6 Å². The van der Waals surface area contributed by atoms with E-state index in [-0.39, 0.29) is 0 Å². The lowest BCUT2D eigenvalue weighted by Gasteiger charge is -2.33. The van der Waals surface area contributed by atoms with Crippen LogP contribution in [0.15, 0.2) is 12.2 Å². The minimum Gasteiger partial charge on any atom is -0.459 e. The number of carbonyl (C=O) groups excluding carboxylic acids is 2. The van der Waals surface area contributed by atoms with Gasteiger partial charge < -0.3 is 9.47 Å². The fraction of sp³-hybridized carbons (Fsp3) is 0.857. The molecular formula is C28H52O8. The summed E-state index contributed by atoms with van der Waals surface area (Å²) >= 11 is 0. The average Bonchev–Trinajstić information content (AvgIpc) is 2.68. The molecule has 212 valence electrons. The maximum atomic E-state index is 12.3. The van der Waals surface area contributed by atoms with Crippen LogP contribution in [0.1, 0.15) is 122 Å². The highest BCUT2D eigenvalue weighted by Gasteiger charge is 2.33. The zero-order valence-electron chi connectivity index (χ0n) is 24.8. The van der Waals surface area contributed by atoms with Gasteiger partial charge in [0, 0.05) is 25.0 Å². The van der Waals surface area contributed by atoms with E-state index in [1.807, 2.05) is 55.4 Å². The smallest absolute Gasteiger partial charge is 0.331 e. The lowest BCUT2D eigenvalue weighted by molar-refractivity contribution is -0.404. The fourth-order valence-corrected chi connectivity index (χ4v) is 3.78. The molecule has 0 aliphatic carbocycles. The Labute approximate surface area is 219 Å². The molecule has 0 aromatic rings. The van der Waals surface area contributed by atoms with E-state index in [4.69, 9.17) is 29.0 Å². The van der Waals surface area contributed by atoms with Gasteiger partial charge in [-0.2, -0.15) is 0 Å². The zero-order valence-corrected chi connectivity index (χ0v) is 24.8. The summed E-state index contributed by atoms with van der Waals surface area (Å²) in [5.74, 6) is -1.25. The number of carbonyl (C=O) groups is 2. The van der Waals surface area contributed by atoms with E-state index >= 15 is 0 Å². The van der Waals surface area contributed by atoms with Gasteiger partial charge in [0.15, 0.2) is 0 Å². The number of hydrogen-bond acceptors (Lipinski definition) is 8. The molecule has 4 unspecified atom stereocenters. The summed E-state index contributed by atoms with van der Waals surface area (Å²) in [4.78, 5) is 47.0. The molecule has 0 saturated carbocycles. The van der Waals surface area contributed by atoms with Crippen LogP contribution in [0.2, 0.25) is 0 Å². The van der Waals surface area contributed by atoms with Crippen LogP contribution in [-0.4, -0.2) is 46.6 Å². The first kappa shape index (κ1) is 34.5. The second kappa shape index (κ2) is 15.1. The predicted octanol–water partition coefficient (Wildman–Crippen LogP) is 6.80. The van der Waals surface area contributed by atoms with E-state index in [9.17, 15) is 9.59 Å². The quantitative estimate of drug-likeness (QED) is 0.0958. The molecule has 0 aliphatic rings. The van der Waals surface area contributed by atoms with Crippen molar-refractivity contribution in [2.24, 2.45) is 0 Å². The van der Waals surface area contributed by atoms with Gasteiger partial charge >= 0.3 is 11.9 Å². The van der Waals surface area contributed by atoms with Gasteiger partial charge in [0.2, 0.25) is 0 Å². The Morgan fingerprint density at radius 3 is 1.17 bits per heavy atom. The Bertz CT molecular complexity index is 633. The highest BCUT2D eigenvalue weighted by molar-refractivity contribution is 5.91. The molecule has 0 rings (SSSR count). The number of esters is 2. The standard InChI is InChI=1S/C28H52O8/c1-13-17-27(11,35-33-25(5,6)7)19-21(3)31-23(29)15-16-24(30)32-22(4)20-28(12,18-14-2)36-34-26(8,9)10/h15-16,21-22H,13-14,17-20H2,1-12H3/b16-15+. The monoisotopic (exact) mass is 516 g/mol. The van der Waals surface area contributed by atoms with Gasteiger partial charge in [0.25, 0.3) is 0 Å². The maximum Gasteiger partial charge on any atom is 0.331 e. The van der Waals surface area contributed by atoms with Crippen molar-refractivity contribution in [2.45, 2.75) is 156 Å². The van der Waals surface area contributed by atoms with E-state index in [1.54, 1.807) is 13.8 Å². The molecule has 0 saturated heterocycles. The third-order valence-electron chi connectivity index (χ3n) is 4.97. The zero-order chi connectivity index (χ0) is 28.2. The molecule has 8 nitrogen and oxygen atoms in total. The highest BCUT2D eigenvalue weighted by Crippen LogP contribution is 2.29. The molecule has 0 bridgehead atoms. The Kier molecular flexibility index (Phi) is 14.4. The van der Waals surface area contributed by atoms with Crippen molar-refractivity contribution in [3.8, 4) is 0 Å². The predicted molar refractivity (Wildman–Crippen MR) is 140 cm³/mol. The molecule has 0 spiro atoms. The van der Waals surface area contributed by atoms with Crippen LogP contribution in [0.25, 0.3) is 0 Å². The Balaban J connectivity index is 4.83. The lowest BCUT2D eigenvalue weighted by atomic mass is 9.94. The van der Waals surface area contributed by atoms with Crippen molar-refractivity contribution in [2.75, 3.05) is 0 Å². The molecule has 0 N–H and O–H groups in total. The van der Waals surface area contributed by atoms with E-state index in [0.717, 1.165) is 37.8 Å². The summed E-state index contributed by atoms with van der Waals surface area (Å²) in [6.07, 6.45) is 5.45. The Hall–Kier alpha value is -1.48. The second-order valence-electron chi connectivity index (χ2n) is 12.2. The normalized spacial score (nSPS) is 17.8. The largest absolute Gasteiger partial charge is 0.459 e. The van der Waals surface area contributed by atoms with Crippen molar-refractivity contribution in [1.29, 1.82) is 0 Å². The first-order valence-corrected chi connectivity index (χ1v) is 13.1. The van der Waals surface area contributed by atoms with Crippen LogP contribution in [-0.2, 0) is 38.6 Å². The molecule has 0 aromatic heterocycles. The van der Waals surface area contributed by atoms with Crippen LogP contribution >= 0.6 is 0 Å². The van der Waals surface area contributed by atoms with Crippen LogP contribution in [0.5, 0.6) is 0 Å². The molecule has 0 aliphatic heterocycles. The van der Waals surface area contributed by atoms with Crippen LogP contribution in [0, 0.1) is 0 Å². The molecule has 4 atom stereocenters. The molecule has 36 heavy (non-hydrogen) atoms. The molecule has 0 aromatic carbocycles. The minimum atomic E-state index is -0.625. The molecule has 0 amide bonds. The summed E-state index contributed by atoms with van der Waals surface area (Å²) in [5, 5.41) is 0. The summed E-state index contributed by atoms with van der Waals surface area (Å²) in [7, 11) is 0. The Morgan fingerprint density at radius 2 is 0.917 bits per heavy atom. The van der Waals surface area contributed by atoms with Crippen molar-refractivity contribution in [3.05, 3.63) is 12.2 Å². The summed E-state index contributed by atoms with van der Waals surface area (Å²) < 4.78 is 10.9. The first-order chi connectivity index (χ1) is 16.3. The summed E-state index contributed by atoms with van der Waals surface area (Å²) in [5.41, 5.74) is -2.11. The molecule has 0 heterocycles. The molecule has 0 radical (unpaired) electrons. The first-order valence-electron chi connectivity index (χ1n) is 13.1. The van der Waals surface area contributed by atoms with Gasteiger partial charge in [0.05, 0.1) is 11.2 Å². The summed E-state index contributed by atoms with van der Waals surface area (Å²) in [6.45, 7) is 23.0. The van der Waals surface area contributed by atoms with Crippen LogP contribution in [0.3, 0.4) is 0 Å². The van der Waals surface area contributed by atoms with Gasteiger partial charge in [-0.05, 0) is 82.1 Å². The van der Waals surface area contributed by atoms with Crippen molar-refractivity contribution in [3.63, 3.8) is 0 Å². The van der Waals surface area contributed by atoms with Gasteiger partial charge in [0.1, 0.15) is 23.4 Å². The third kappa shape index (κ3) is 17.1. The van der Waals surface area contributed by atoms with Crippen molar-refractivity contribution in [1.82, 2.24) is 0 Å². The van der Waals surface area contributed by atoms with Crippen molar-refractivity contribution < 1.29 is 38.6 Å². The van der Waals surface area contributed by atoms with Gasteiger partial charge in [-0.3, -0.25) is 0 Å². The van der Waals surface area contributed by atoms with E-state index in [1.165, 1.54) is 0 Å². The molecular weight excluding hydrogens is 464 g/mol. The molecule has 8 heteroatoms. The third-order valence-corrected chi connectivity index (χ3v) is 4.97. The second-order valence-corrected chi connectivity index (χ2v) is 12.2. The lowest BCUT2D eigenvalue weighted by Crippen LogP contribution is -2.37. The Morgan fingerprint density at radius 1 is 0.611 bits per heavy atom. The number of hydrogen-bond donors (Lipinski definition) is 0. The SMILES string of the molecule is CCCC(C)(CC(C)OC(=O)/C=C/C(=O)OC(C)CC(C)(CCC)OOC(C)(C)C)OOC(C)(C)C. The maximum absolute atomic E-state index is 12.3.